The molecular formula is C13H10N4O3. The van der Waals surface area contributed by atoms with Gasteiger partial charge in [0.1, 0.15) is 11.2 Å². The summed E-state index contributed by atoms with van der Waals surface area (Å²) in [6.45, 7) is 1.63. The van der Waals surface area contributed by atoms with E-state index in [-0.39, 0.29) is 11.1 Å². The Bertz CT molecular complexity index is 848. The van der Waals surface area contributed by atoms with Crippen molar-refractivity contribution in [2.75, 3.05) is 0 Å². The monoisotopic (exact) mass is 270 g/mol. The van der Waals surface area contributed by atoms with Gasteiger partial charge >= 0.3 is 0 Å². The average molecular weight is 270 g/mol. The number of hydrogen-bond acceptors (Lipinski definition) is 5. The summed E-state index contributed by atoms with van der Waals surface area (Å²) < 4.78 is 1.30. The number of fused-ring (bicyclic) bond motifs is 1. The lowest BCUT2D eigenvalue weighted by molar-refractivity contribution is -0.116. The summed E-state index contributed by atoms with van der Waals surface area (Å²) in [5.41, 5.74) is 2.80. The Morgan fingerprint density at radius 2 is 2.15 bits per heavy atom. The fourth-order valence-electron chi connectivity index (χ4n) is 1.95. The van der Waals surface area contributed by atoms with E-state index in [4.69, 9.17) is 0 Å². The SMILES string of the molecule is CC1=NNC(=O)C1=Cc1c(O)nc2ccccn2c1=O. The molecule has 20 heavy (non-hydrogen) atoms. The molecule has 0 radical (unpaired) electrons. The molecule has 7 heteroatoms. The number of nitrogens with one attached hydrogen (secondary N) is 1. The summed E-state index contributed by atoms with van der Waals surface area (Å²) in [5.74, 6) is -0.833. The number of nitrogens with zero attached hydrogens (tertiary/aromatic N) is 3. The summed E-state index contributed by atoms with van der Waals surface area (Å²) in [5, 5.41) is 13.6. The number of carbonyl (C=O) groups excluding carboxylic acids is 1. The first-order valence-corrected chi connectivity index (χ1v) is 5.85. The second-order valence-electron chi connectivity index (χ2n) is 4.28. The van der Waals surface area contributed by atoms with Crippen LogP contribution < -0.4 is 11.0 Å². The van der Waals surface area contributed by atoms with E-state index in [1.807, 2.05) is 0 Å². The van der Waals surface area contributed by atoms with Crippen LogP contribution in [-0.4, -0.2) is 26.1 Å². The van der Waals surface area contributed by atoms with Crippen LogP contribution in [0.3, 0.4) is 0 Å². The van der Waals surface area contributed by atoms with Crippen LogP contribution in [0.1, 0.15) is 12.5 Å². The van der Waals surface area contributed by atoms with Gasteiger partial charge < -0.3 is 5.11 Å². The normalized spacial score (nSPS) is 16.6. The molecular weight excluding hydrogens is 260 g/mol. The van der Waals surface area contributed by atoms with Crippen molar-refractivity contribution in [3.63, 3.8) is 0 Å². The highest BCUT2D eigenvalue weighted by Crippen LogP contribution is 2.17. The van der Waals surface area contributed by atoms with Crippen molar-refractivity contribution < 1.29 is 9.90 Å². The maximum absolute atomic E-state index is 12.3. The number of aromatic hydroxyl groups is 1. The molecule has 1 amide bonds. The molecule has 100 valence electrons. The molecule has 3 rings (SSSR count). The second kappa shape index (κ2) is 4.30. The molecule has 1 aliphatic rings. The minimum absolute atomic E-state index is 0.0460. The molecule has 0 bridgehead atoms. The van der Waals surface area contributed by atoms with Crippen molar-refractivity contribution in [3.8, 4) is 5.88 Å². The van der Waals surface area contributed by atoms with Gasteiger partial charge in [-0.15, -0.1) is 0 Å². The summed E-state index contributed by atoms with van der Waals surface area (Å²) in [6.07, 6.45) is 2.84. The van der Waals surface area contributed by atoms with Gasteiger partial charge in [0.15, 0.2) is 0 Å². The highest BCUT2D eigenvalue weighted by Gasteiger charge is 2.21. The maximum Gasteiger partial charge on any atom is 0.273 e. The average Bonchev–Trinajstić information content (AvgIpc) is 2.74. The zero-order valence-electron chi connectivity index (χ0n) is 10.5. The number of hydrazone groups is 1. The Balaban J connectivity index is 2.28. The van der Waals surface area contributed by atoms with Crippen LogP contribution in [0.5, 0.6) is 5.88 Å². The third kappa shape index (κ3) is 1.76. The highest BCUT2D eigenvalue weighted by atomic mass is 16.3. The Morgan fingerprint density at radius 3 is 2.85 bits per heavy atom. The molecule has 0 aliphatic carbocycles. The first kappa shape index (κ1) is 12.1. The quantitative estimate of drug-likeness (QED) is 0.728. The summed E-state index contributed by atoms with van der Waals surface area (Å²) in [6, 6.07) is 4.99. The molecule has 2 aromatic heterocycles. The molecule has 0 spiro atoms. The van der Waals surface area contributed by atoms with Crippen LogP contribution in [0, 0.1) is 0 Å². The fourth-order valence-corrected chi connectivity index (χ4v) is 1.95. The standard InChI is InChI=1S/C13H10N4O3/c1-7-8(12(19)16-15-7)6-9-11(18)14-10-4-2-3-5-17(10)13(9)20/h2-6,18H,1H3,(H,16,19). The van der Waals surface area contributed by atoms with Crippen molar-refractivity contribution >= 4 is 23.3 Å². The van der Waals surface area contributed by atoms with Crippen molar-refractivity contribution in [1.82, 2.24) is 14.8 Å². The van der Waals surface area contributed by atoms with Crippen LogP contribution in [0.4, 0.5) is 0 Å². The van der Waals surface area contributed by atoms with Gasteiger partial charge in [-0.25, -0.2) is 5.43 Å². The molecule has 0 unspecified atom stereocenters. The lowest BCUT2D eigenvalue weighted by Gasteiger charge is -2.04. The summed E-state index contributed by atoms with van der Waals surface area (Å²) in [4.78, 5) is 27.8. The molecule has 0 fully saturated rings. The minimum Gasteiger partial charge on any atom is -0.493 e. The molecule has 2 N–H and O–H groups in total. The van der Waals surface area contributed by atoms with Gasteiger partial charge in [-0.1, -0.05) is 6.07 Å². The fraction of sp³-hybridized carbons (Fsp3) is 0.0769. The molecule has 2 aromatic rings. The van der Waals surface area contributed by atoms with Crippen LogP contribution >= 0.6 is 0 Å². The predicted molar refractivity (Wildman–Crippen MR) is 72.4 cm³/mol. The Hall–Kier alpha value is -2.96. The number of pyridine rings is 1. The minimum atomic E-state index is -0.451. The summed E-state index contributed by atoms with van der Waals surface area (Å²) in [7, 11) is 0. The molecule has 1 aliphatic heterocycles. The number of hydrogen-bond donors (Lipinski definition) is 2. The third-order valence-corrected chi connectivity index (χ3v) is 3.00. The maximum atomic E-state index is 12.3. The van der Waals surface area contributed by atoms with Gasteiger partial charge in [-0.3, -0.25) is 14.0 Å². The lowest BCUT2D eigenvalue weighted by Crippen LogP contribution is -2.19. The van der Waals surface area contributed by atoms with Gasteiger partial charge in [-0.2, -0.15) is 10.1 Å². The molecule has 7 nitrogen and oxygen atoms in total. The largest absolute Gasteiger partial charge is 0.493 e. The van der Waals surface area contributed by atoms with E-state index in [9.17, 15) is 14.7 Å². The lowest BCUT2D eigenvalue weighted by atomic mass is 10.1. The number of carbonyl (C=O) groups is 1. The first-order valence-electron chi connectivity index (χ1n) is 5.85. The van der Waals surface area contributed by atoms with E-state index >= 15 is 0 Å². The zero-order valence-corrected chi connectivity index (χ0v) is 10.5. The van der Waals surface area contributed by atoms with E-state index in [2.05, 4.69) is 15.5 Å². The molecule has 0 saturated heterocycles. The Kier molecular flexibility index (Phi) is 2.60. The number of aromatic nitrogens is 2. The smallest absolute Gasteiger partial charge is 0.273 e. The Morgan fingerprint density at radius 1 is 1.35 bits per heavy atom. The van der Waals surface area contributed by atoms with E-state index < -0.39 is 17.3 Å². The molecule has 0 aromatic carbocycles. The van der Waals surface area contributed by atoms with E-state index in [0.717, 1.165) is 0 Å². The highest BCUT2D eigenvalue weighted by molar-refractivity contribution is 6.26. The molecule has 3 heterocycles. The van der Waals surface area contributed by atoms with E-state index in [1.165, 1.54) is 10.5 Å². The second-order valence-corrected chi connectivity index (χ2v) is 4.28. The first-order chi connectivity index (χ1) is 9.58. The predicted octanol–water partition coefficient (Wildman–Crippen LogP) is 0.289. The van der Waals surface area contributed by atoms with Crippen molar-refractivity contribution in [1.29, 1.82) is 0 Å². The van der Waals surface area contributed by atoms with Crippen molar-refractivity contribution in [3.05, 3.63) is 45.9 Å². The summed E-state index contributed by atoms with van der Waals surface area (Å²) >= 11 is 0. The van der Waals surface area contributed by atoms with E-state index in [1.54, 1.807) is 31.3 Å². The third-order valence-electron chi connectivity index (χ3n) is 3.00. The topological polar surface area (TPSA) is 96.1 Å². The zero-order chi connectivity index (χ0) is 14.3. The van der Waals surface area contributed by atoms with Crippen LogP contribution in [0.15, 0.2) is 39.9 Å². The van der Waals surface area contributed by atoms with Gasteiger partial charge in [0, 0.05) is 6.20 Å². The molecule has 0 atom stereocenters. The van der Waals surface area contributed by atoms with Crippen molar-refractivity contribution in [2.24, 2.45) is 5.10 Å². The van der Waals surface area contributed by atoms with Crippen LogP contribution in [0.25, 0.3) is 11.7 Å². The van der Waals surface area contributed by atoms with Gasteiger partial charge in [0.2, 0.25) is 5.88 Å². The van der Waals surface area contributed by atoms with Gasteiger partial charge in [-0.05, 0) is 25.1 Å². The van der Waals surface area contributed by atoms with Gasteiger partial charge in [0.05, 0.1) is 11.3 Å². The van der Waals surface area contributed by atoms with Crippen LogP contribution in [-0.2, 0) is 4.79 Å². The number of rotatable bonds is 1. The molecule has 0 saturated carbocycles. The van der Waals surface area contributed by atoms with Crippen LogP contribution in [0.2, 0.25) is 0 Å². The van der Waals surface area contributed by atoms with Gasteiger partial charge in [0.25, 0.3) is 11.5 Å². The van der Waals surface area contributed by atoms with Crippen molar-refractivity contribution in [2.45, 2.75) is 6.92 Å². The number of amides is 1. The van der Waals surface area contributed by atoms with E-state index in [0.29, 0.717) is 11.4 Å². The Labute approximate surface area is 112 Å².